The number of esters is 2. The highest BCUT2D eigenvalue weighted by molar-refractivity contribution is 6.05. The quantitative estimate of drug-likeness (QED) is 0.158. The standard InChI is InChI=1S/C47H73N5O13/c1-14-27(6)37-35(53)24-36(54)64-40(26(4)5)39(55)28(7)41(56)48-32(22-25(2)3)43(58)52-21-15-16-33(52)44(59)51(12)34(23-30-17-19-31(62-13)20-18-30)45(60)63-29(8)38(42(57)49-37)50-46(61)65-47(9,10)11/h17-20,25-29,32-35,37-38,40,53H,14-16,21-24H2,1-13H3,(H,48,56)(H,49,57)(H,50,61)/t27-,28-,29+,32-,33-,34-,35-,37+,38-,40-/m0/s1. The molecule has 0 bridgehead atoms. The summed E-state index contributed by atoms with van der Waals surface area (Å²) in [5.41, 5.74) is -0.377. The number of aliphatic hydroxyl groups excluding tert-OH is 1. The topological polar surface area (TPSA) is 236 Å². The van der Waals surface area contributed by atoms with E-state index in [2.05, 4.69) is 16.0 Å². The number of carbonyl (C=O) groups excluding carboxylic acids is 8. The molecule has 1 aromatic carbocycles. The maximum Gasteiger partial charge on any atom is 0.408 e. The van der Waals surface area contributed by atoms with Gasteiger partial charge in [0.1, 0.15) is 41.6 Å². The molecule has 2 saturated heterocycles. The van der Waals surface area contributed by atoms with Gasteiger partial charge in [-0.25, -0.2) is 9.59 Å². The first-order valence-corrected chi connectivity index (χ1v) is 22.7. The number of Topliss-reactive ketones (excluding diaryl/α,β-unsaturated/α-hetero) is 1. The van der Waals surface area contributed by atoms with Gasteiger partial charge in [-0.15, -0.1) is 0 Å². The average molecular weight is 916 g/mol. The number of ketones is 1. The second kappa shape index (κ2) is 23.8. The molecule has 0 aliphatic carbocycles. The van der Waals surface area contributed by atoms with Crippen molar-refractivity contribution < 1.29 is 62.4 Å². The normalized spacial score (nSPS) is 27.9. The second-order valence-corrected chi connectivity index (χ2v) is 19.1. The number of hydrogen-bond donors (Lipinski definition) is 4. The van der Waals surface area contributed by atoms with Gasteiger partial charge in [-0.05, 0) is 89.3 Å². The van der Waals surface area contributed by atoms with Gasteiger partial charge in [0.2, 0.25) is 23.6 Å². The maximum atomic E-state index is 14.6. The van der Waals surface area contributed by atoms with E-state index in [1.54, 1.807) is 72.7 Å². The number of cyclic esters (lactones) is 2. The first-order valence-electron chi connectivity index (χ1n) is 22.7. The number of likely N-dealkylation sites (N-methyl/N-ethyl adjacent to an activating group) is 1. The molecule has 364 valence electrons. The predicted octanol–water partition coefficient (Wildman–Crippen LogP) is 3.48. The number of alkyl carbamates (subject to hydrolysis) is 1. The number of methoxy groups -OCH3 is 1. The lowest BCUT2D eigenvalue weighted by atomic mass is 9.91. The van der Waals surface area contributed by atoms with E-state index < -0.39 is 126 Å². The minimum Gasteiger partial charge on any atom is -0.497 e. The lowest BCUT2D eigenvalue weighted by molar-refractivity contribution is -0.162. The molecule has 0 spiro atoms. The molecule has 2 fully saturated rings. The zero-order chi connectivity index (χ0) is 49.1. The third-order valence-corrected chi connectivity index (χ3v) is 11.9. The van der Waals surface area contributed by atoms with Crippen molar-refractivity contribution in [3.63, 3.8) is 0 Å². The molecule has 1 aromatic rings. The summed E-state index contributed by atoms with van der Waals surface area (Å²) in [5.74, 6) is -7.44. The van der Waals surface area contributed by atoms with E-state index in [4.69, 9.17) is 18.9 Å². The Kier molecular flexibility index (Phi) is 19.8. The van der Waals surface area contributed by atoms with Crippen molar-refractivity contribution in [2.75, 3.05) is 20.7 Å². The fourth-order valence-electron chi connectivity index (χ4n) is 7.90. The van der Waals surface area contributed by atoms with E-state index in [0.29, 0.717) is 24.2 Å². The van der Waals surface area contributed by atoms with Gasteiger partial charge in [0.25, 0.3) is 0 Å². The van der Waals surface area contributed by atoms with Crippen molar-refractivity contribution in [2.45, 2.75) is 169 Å². The molecule has 0 radical (unpaired) electrons. The van der Waals surface area contributed by atoms with Crippen LogP contribution in [0.1, 0.15) is 114 Å². The zero-order valence-corrected chi connectivity index (χ0v) is 40.4. The summed E-state index contributed by atoms with van der Waals surface area (Å²) in [6.07, 6.45) is -4.87. The fraction of sp³-hybridized carbons (Fsp3) is 0.702. The Bertz CT molecular complexity index is 1850. The summed E-state index contributed by atoms with van der Waals surface area (Å²) >= 11 is 0. The summed E-state index contributed by atoms with van der Waals surface area (Å²) < 4.78 is 22.4. The van der Waals surface area contributed by atoms with Crippen molar-refractivity contribution in [1.29, 1.82) is 0 Å². The van der Waals surface area contributed by atoms with Crippen LogP contribution in [0.5, 0.6) is 5.75 Å². The predicted molar refractivity (Wildman–Crippen MR) is 239 cm³/mol. The molecule has 65 heavy (non-hydrogen) atoms. The molecule has 5 amide bonds. The molecule has 3 rings (SSSR count). The van der Waals surface area contributed by atoms with E-state index in [0.717, 1.165) is 0 Å². The number of benzene rings is 1. The van der Waals surface area contributed by atoms with Crippen LogP contribution >= 0.6 is 0 Å². The Morgan fingerprint density at radius 3 is 2.12 bits per heavy atom. The number of amides is 5. The number of hydrogen-bond acceptors (Lipinski definition) is 13. The van der Waals surface area contributed by atoms with E-state index in [1.165, 1.54) is 37.8 Å². The SMILES string of the molecule is CC[C@H](C)[C@H]1NC(=O)[C@@H](NC(=O)OC(C)(C)C)[C@@H](C)OC(=O)[C@H](Cc2ccc(OC)cc2)N(C)C(=O)[C@@H]2CCCN2C(=O)[C@H](CC(C)C)NC(=O)[C@@H](C)C(=O)[C@H](C(C)C)OC(=O)C[C@@H]1O. The van der Waals surface area contributed by atoms with Gasteiger partial charge >= 0.3 is 18.0 Å². The highest BCUT2D eigenvalue weighted by Crippen LogP contribution is 2.26. The fourth-order valence-corrected chi connectivity index (χ4v) is 7.90. The first kappa shape index (κ1) is 54.1. The monoisotopic (exact) mass is 916 g/mol. The van der Waals surface area contributed by atoms with E-state index in [1.807, 2.05) is 13.8 Å². The van der Waals surface area contributed by atoms with Crippen LogP contribution in [0.2, 0.25) is 0 Å². The van der Waals surface area contributed by atoms with Gasteiger partial charge in [-0.2, -0.15) is 0 Å². The Morgan fingerprint density at radius 2 is 1.57 bits per heavy atom. The van der Waals surface area contributed by atoms with Gasteiger partial charge in [0, 0.05) is 20.0 Å². The number of ether oxygens (including phenoxy) is 4. The summed E-state index contributed by atoms with van der Waals surface area (Å²) in [6.45, 7) is 18.3. The Balaban J connectivity index is 2.21. The number of nitrogens with one attached hydrogen (secondary N) is 3. The third kappa shape index (κ3) is 15.1. The number of fused-ring (bicyclic) bond motifs is 1. The summed E-state index contributed by atoms with van der Waals surface area (Å²) in [5, 5.41) is 19.5. The van der Waals surface area contributed by atoms with Crippen molar-refractivity contribution in [1.82, 2.24) is 25.8 Å². The number of aliphatic hydroxyl groups is 1. The highest BCUT2D eigenvalue weighted by Gasteiger charge is 2.44. The summed E-state index contributed by atoms with van der Waals surface area (Å²) in [6, 6.07) is 0.566. The van der Waals surface area contributed by atoms with Crippen LogP contribution in [0.25, 0.3) is 0 Å². The summed E-state index contributed by atoms with van der Waals surface area (Å²) in [4.78, 5) is 115. The van der Waals surface area contributed by atoms with E-state index in [-0.39, 0.29) is 31.7 Å². The molecular weight excluding hydrogens is 843 g/mol. The molecule has 4 N–H and O–H groups in total. The number of nitrogens with zero attached hydrogens (tertiary/aromatic N) is 2. The number of carbonyl (C=O) groups is 8. The van der Waals surface area contributed by atoms with Crippen LogP contribution in [-0.2, 0) is 54.2 Å². The van der Waals surface area contributed by atoms with Crippen LogP contribution in [0.3, 0.4) is 0 Å². The highest BCUT2D eigenvalue weighted by atomic mass is 16.6. The van der Waals surface area contributed by atoms with Gasteiger partial charge in [-0.1, -0.05) is 60.1 Å². The third-order valence-electron chi connectivity index (χ3n) is 11.9. The van der Waals surface area contributed by atoms with Crippen molar-refractivity contribution >= 4 is 47.4 Å². The van der Waals surface area contributed by atoms with Crippen LogP contribution < -0.4 is 20.7 Å². The van der Waals surface area contributed by atoms with E-state index in [9.17, 15) is 43.5 Å². The van der Waals surface area contributed by atoms with Gasteiger partial charge in [-0.3, -0.25) is 28.8 Å². The van der Waals surface area contributed by atoms with Crippen molar-refractivity contribution in [2.24, 2.45) is 23.7 Å². The van der Waals surface area contributed by atoms with Crippen LogP contribution in [0, 0.1) is 23.7 Å². The second-order valence-electron chi connectivity index (χ2n) is 19.1. The molecule has 2 aliphatic heterocycles. The van der Waals surface area contributed by atoms with Crippen molar-refractivity contribution in [3.8, 4) is 5.75 Å². The van der Waals surface area contributed by atoms with E-state index >= 15 is 0 Å². The Hall–Kier alpha value is -5.26. The van der Waals surface area contributed by atoms with Crippen molar-refractivity contribution in [3.05, 3.63) is 29.8 Å². The molecule has 0 unspecified atom stereocenters. The molecule has 2 heterocycles. The largest absolute Gasteiger partial charge is 0.497 e. The lowest BCUT2D eigenvalue weighted by Crippen LogP contribution is -2.60. The van der Waals surface area contributed by atoms with Gasteiger partial charge in [0.05, 0.1) is 31.6 Å². The van der Waals surface area contributed by atoms with Crippen LogP contribution in [-0.4, -0.2) is 137 Å². The smallest absolute Gasteiger partial charge is 0.408 e. The van der Waals surface area contributed by atoms with Gasteiger partial charge < -0.3 is 49.8 Å². The minimum absolute atomic E-state index is 0.0670. The molecular formula is C47H73N5O13. The van der Waals surface area contributed by atoms with Crippen LogP contribution in [0.15, 0.2) is 24.3 Å². The molecule has 2 aliphatic rings. The minimum atomic E-state index is -1.63. The molecule has 0 aromatic heterocycles. The molecule has 0 saturated carbocycles. The zero-order valence-electron chi connectivity index (χ0n) is 40.4. The van der Waals surface area contributed by atoms with Crippen LogP contribution in [0.4, 0.5) is 4.79 Å². The lowest BCUT2D eigenvalue weighted by Gasteiger charge is -2.35. The van der Waals surface area contributed by atoms with Gasteiger partial charge in [0.15, 0.2) is 11.9 Å². The Morgan fingerprint density at radius 1 is 0.938 bits per heavy atom. The average Bonchev–Trinajstić information content (AvgIpc) is 3.72. The summed E-state index contributed by atoms with van der Waals surface area (Å²) in [7, 11) is 2.92. The molecule has 18 heteroatoms. The maximum absolute atomic E-state index is 14.6. The molecule has 10 atom stereocenters. The Labute approximate surface area is 383 Å². The molecule has 18 nitrogen and oxygen atoms in total. The number of rotatable bonds is 9. The first-order chi connectivity index (χ1) is 30.3.